The predicted molar refractivity (Wildman–Crippen MR) is 80.1 cm³/mol. The van der Waals surface area contributed by atoms with Gasteiger partial charge in [-0.05, 0) is 47.6 Å². The van der Waals surface area contributed by atoms with Crippen LogP contribution in [0.3, 0.4) is 0 Å². The fourth-order valence-electron chi connectivity index (χ4n) is 3.18. The standard InChI is InChI=1S/C14H25BrN4/c1-13(2,3)11-5-7-14(10-15,8-6-11)9-12-16-18-19(4)17-12/h11H,5-10H2,1-4H3. The third-order valence-electron chi connectivity index (χ3n) is 4.64. The lowest BCUT2D eigenvalue weighted by Gasteiger charge is -2.43. The Labute approximate surface area is 124 Å². The van der Waals surface area contributed by atoms with E-state index in [0.717, 1.165) is 23.5 Å². The SMILES string of the molecule is Cn1nnc(CC2(CBr)CCC(C(C)(C)C)CC2)n1. The number of hydrogen-bond acceptors (Lipinski definition) is 3. The molecule has 0 spiro atoms. The first-order valence-electron chi connectivity index (χ1n) is 7.13. The Hall–Kier alpha value is -0.450. The molecule has 0 bridgehead atoms. The Morgan fingerprint density at radius 3 is 2.37 bits per heavy atom. The molecule has 0 aromatic carbocycles. The maximum atomic E-state index is 4.34. The average Bonchev–Trinajstić information content (AvgIpc) is 2.74. The van der Waals surface area contributed by atoms with Crippen LogP contribution in [0.1, 0.15) is 52.3 Å². The Balaban J connectivity index is 2.02. The van der Waals surface area contributed by atoms with E-state index >= 15 is 0 Å². The van der Waals surface area contributed by atoms with Crippen molar-refractivity contribution in [2.45, 2.75) is 52.9 Å². The van der Waals surface area contributed by atoms with Gasteiger partial charge in [-0.15, -0.1) is 10.2 Å². The third kappa shape index (κ3) is 3.56. The van der Waals surface area contributed by atoms with Crippen molar-refractivity contribution in [2.75, 3.05) is 5.33 Å². The molecule has 0 N–H and O–H groups in total. The zero-order valence-corrected chi connectivity index (χ0v) is 14.1. The molecule has 4 nitrogen and oxygen atoms in total. The van der Waals surface area contributed by atoms with Gasteiger partial charge in [0.2, 0.25) is 0 Å². The molecule has 1 aliphatic rings. The molecule has 0 aliphatic heterocycles. The molecule has 1 saturated carbocycles. The minimum atomic E-state index is 0.324. The largest absolute Gasteiger partial charge is 0.175 e. The van der Waals surface area contributed by atoms with E-state index in [1.54, 1.807) is 4.80 Å². The summed E-state index contributed by atoms with van der Waals surface area (Å²) in [5, 5.41) is 13.5. The monoisotopic (exact) mass is 328 g/mol. The van der Waals surface area contributed by atoms with Crippen molar-refractivity contribution in [3.63, 3.8) is 0 Å². The fraction of sp³-hybridized carbons (Fsp3) is 0.929. The van der Waals surface area contributed by atoms with Crippen LogP contribution in [0, 0.1) is 16.7 Å². The Kier molecular flexibility index (Phi) is 4.33. The van der Waals surface area contributed by atoms with Crippen molar-refractivity contribution in [3.05, 3.63) is 5.82 Å². The van der Waals surface area contributed by atoms with E-state index in [1.807, 2.05) is 7.05 Å². The van der Waals surface area contributed by atoms with Crippen LogP contribution in [0.5, 0.6) is 0 Å². The predicted octanol–water partition coefficient (Wildman–Crippen LogP) is 3.37. The molecule has 0 radical (unpaired) electrons. The minimum absolute atomic E-state index is 0.324. The molecule has 1 aromatic heterocycles. The quantitative estimate of drug-likeness (QED) is 0.799. The second kappa shape index (κ2) is 5.51. The number of tetrazole rings is 1. The van der Waals surface area contributed by atoms with Gasteiger partial charge < -0.3 is 0 Å². The molecular weight excluding hydrogens is 304 g/mol. The van der Waals surface area contributed by atoms with E-state index in [9.17, 15) is 0 Å². The first kappa shape index (κ1) is 14.9. The molecule has 1 heterocycles. The van der Waals surface area contributed by atoms with E-state index in [2.05, 4.69) is 52.1 Å². The lowest BCUT2D eigenvalue weighted by atomic mass is 9.64. The normalized spacial score (nSPS) is 28.6. The molecule has 1 aromatic rings. The summed E-state index contributed by atoms with van der Waals surface area (Å²) in [6.07, 6.45) is 6.10. The summed E-state index contributed by atoms with van der Waals surface area (Å²) in [7, 11) is 1.83. The van der Waals surface area contributed by atoms with Gasteiger partial charge in [0.1, 0.15) is 0 Å². The molecule has 108 valence electrons. The van der Waals surface area contributed by atoms with Crippen molar-refractivity contribution in [1.29, 1.82) is 0 Å². The topological polar surface area (TPSA) is 43.6 Å². The highest BCUT2D eigenvalue weighted by molar-refractivity contribution is 9.09. The van der Waals surface area contributed by atoms with Gasteiger partial charge in [0.25, 0.3) is 0 Å². The van der Waals surface area contributed by atoms with Crippen LogP contribution >= 0.6 is 15.9 Å². The average molecular weight is 329 g/mol. The zero-order chi connectivity index (χ0) is 14.1. The van der Waals surface area contributed by atoms with Crippen molar-refractivity contribution < 1.29 is 0 Å². The molecule has 19 heavy (non-hydrogen) atoms. The molecule has 0 unspecified atom stereocenters. The highest BCUT2D eigenvalue weighted by atomic mass is 79.9. The fourth-order valence-corrected chi connectivity index (χ4v) is 3.94. The Morgan fingerprint density at radius 2 is 1.95 bits per heavy atom. The van der Waals surface area contributed by atoms with Crippen LogP contribution in [-0.4, -0.2) is 25.5 Å². The lowest BCUT2D eigenvalue weighted by Crippen LogP contribution is -2.35. The number of rotatable bonds is 3. The molecule has 5 heteroatoms. The summed E-state index contributed by atoms with van der Waals surface area (Å²) < 4.78 is 0. The minimum Gasteiger partial charge on any atom is -0.167 e. The second-order valence-electron chi connectivity index (χ2n) is 7.15. The highest BCUT2D eigenvalue weighted by Crippen LogP contribution is 2.47. The molecule has 0 atom stereocenters. The summed E-state index contributed by atoms with van der Waals surface area (Å²) in [4.78, 5) is 1.55. The summed E-state index contributed by atoms with van der Waals surface area (Å²) in [5.41, 5.74) is 0.758. The van der Waals surface area contributed by atoms with E-state index in [-0.39, 0.29) is 0 Å². The van der Waals surface area contributed by atoms with E-state index in [4.69, 9.17) is 0 Å². The molecule has 1 fully saturated rings. The number of aromatic nitrogens is 4. The molecule has 0 amide bonds. The van der Waals surface area contributed by atoms with Crippen molar-refractivity contribution in [3.8, 4) is 0 Å². The zero-order valence-electron chi connectivity index (χ0n) is 12.5. The van der Waals surface area contributed by atoms with Gasteiger partial charge in [-0.1, -0.05) is 36.7 Å². The van der Waals surface area contributed by atoms with E-state index in [0.29, 0.717) is 10.8 Å². The van der Waals surface area contributed by atoms with Gasteiger partial charge >= 0.3 is 0 Å². The number of aryl methyl sites for hydroxylation is 1. The molecule has 0 saturated heterocycles. The molecule has 1 aliphatic carbocycles. The maximum absolute atomic E-state index is 4.34. The summed E-state index contributed by atoms with van der Waals surface area (Å²) in [5.74, 6) is 1.73. The number of halogens is 1. The lowest BCUT2D eigenvalue weighted by molar-refractivity contribution is 0.102. The van der Waals surface area contributed by atoms with Gasteiger partial charge in [0.05, 0.1) is 7.05 Å². The van der Waals surface area contributed by atoms with Gasteiger partial charge in [-0.25, -0.2) is 0 Å². The molecule has 2 rings (SSSR count). The maximum Gasteiger partial charge on any atom is 0.175 e. The van der Waals surface area contributed by atoms with Gasteiger partial charge in [-0.2, -0.15) is 4.80 Å². The second-order valence-corrected chi connectivity index (χ2v) is 7.71. The van der Waals surface area contributed by atoms with Crippen LogP contribution in [0.4, 0.5) is 0 Å². The van der Waals surface area contributed by atoms with Crippen LogP contribution in [0.15, 0.2) is 0 Å². The van der Waals surface area contributed by atoms with Gasteiger partial charge in [0, 0.05) is 11.8 Å². The summed E-state index contributed by atoms with van der Waals surface area (Å²) in [6, 6.07) is 0. The van der Waals surface area contributed by atoms with Gasteiger partial charge in [0.15, 0.2) is 5.82 Å². The van der Waals surface area contributed by atoms with E-state index < -0.39 is 0 Å². The first-order valence-corrected chi connectivity index (χ1v) is 8.26. The smallest absolute Gasteiger partial charge is 0.167 e. The van der Waals surface area contributed by atoms with Crippen molar-refractivity contribution in [2.24, 2.45) is 23.8 Å². The van der Waals surface area contributed by atoms with E-state index in [1.165, 1.54) is 25.7 Å². The van der Waals surface area contributed by atoms with Gasteiger partial charge in [-0.3, -0.25) is 0 Å². The number of nitrogens with zero attached hydrogens (tertiary/aromatic N) is 4. The number of alkyl halides is 1. The summed E-state index contributed by atoms with van der Waals surface area (Å²) in [6.45, 7) is 7.09. The first-order chi connectivity index (χ1) is 8.85. The van der Waals surface area contributed by atoms with Crippen molar-refractivity contribution in [1.82, 2.24) is 20.2 Å². The van der Waals surface area contributed by atoms with Crippen LogP contribution < -0.4 is 0 Å². The van der Waals surface area contributed by atoms with Crippen LogP contribution in [0.25, 0.3) is 0 Å². The van der Waals surface area contributed by atoms with Crippen molar-refractivity contribution >= 4 is 15.9 Å². The van der Waals surface area contributed by atoms with Crippen LogP contribution in [0.2, 0.25) is 0 Å². The molecular formula is C14H25BrN4. The number of hydrogen-bond donors (Lipinski definition) is 0. The third-order valence-corrected chi connectivity index (χ3v) is 5.83. The Bertz CT molecular complexity index is 413. The van der Waals surface area contributed by atoms with Crippen LogP contribution in [-0.2, 0) is 13.5 Å². The highest BCUT2D eigenvalue weighted by Gasteiger charge is 2.39. The Morgan fingerprint density at radius 1 is 1.32 bits per heavy atom. The summed E-state index contributed by atoms with van der Waals surface area (Å²) >= 11 is 3.72.